The zero-order chi connectivity index (χ0) is 10.6. The van der Waals surface area contributed by atoms with E-state index < -0.39 is 0 Å². The molecule has 0 aromatic heterocycles. The average Bonchev–Trinajstić information content (AvgIpc) is 2.21. The van der Waals surface area contributed by atoms with Gasteiger partial charge in [0, 0.05) is 6.42 Å². The highest BCUT2D eigenvalue weighted by Crippen LogP contribution is 2.08. The Morgan fingerprint density at radius 2 is 1.86 bits per heavy atom. The summed E-state index contributed by atoms with van der Waals surface area (Å²) in [5.74, 6) is 7.21. The van der Waals surface area contributed by atoms with E-state index in [-0.39, 0.29) is 5.91 Å². The van der Waals surface area contributed by atoms with Gasteiger partial charge in [0.2, 0.25) is 5.91 Å². The lowest BCUT2D eigenvalue weighted by atomic mass is 10.2. The number of nitrogens with two attached hydrogens (primary N) is 2. The van der Waals surface area contributed by atoms with Crippen LogP contribution >= 0.6 is 11.8 Å². The summed E-state index contributed by atoms with van der Waals surface area (Å²) < 4.78 is 0. The molecule has 0 aliphatic rings. The summed E-state index contributed by atoms with van der Waals surface area (Å²) >= 11 is 1.94. The quantitative estimate of drug-likeness (QED) is 0.230. The number of carbonyl (C=O) groups is 1. The molecule has 0 saturated heterocycles. The monoisotopic (exact) mass is 219 g/mol. The van der Waals surface area contributed by atoms with E-state index in [0.717, 1.165) is 31.6 Å². The number of nitrogens with one attached hydrogen (secondary N) is 1. The van der Waals surface area contributed by atoms with Crippen LogP contribution in [0.5, 0.6) is 0 Å². The lowest BCUT2D eigenvalue weighted by molar-refractivity contribution is -0.121. The Labute approximate surface area is 90.1 Å². The van der Waals surface area contributed by atoms with Crippen LogP contribution in [-0.2, 0) is 4.79 Å². The van der Waals surface area contributed by atoms with Crippen molar-refractivity contribution in [2.45, 2.75) is 32.1 Å². The number of carbonyl (C=O) groups excluding carboxylic acids is 1. The third kappa shape index (κ3) is 9.83. The number of thioether (sulfide) groups is 1. The summed E-state index contributed by atoms with van der Waals surface area (Å²) in [5, 5.41) is 0. The molecule has 0 bridgehead atoms. The van der Waals surface area contributed by atoms with Crippen LogP contribution in [-0.4, -0.2) is 24.0 Å². The van der Waals surface area contributed by atoms with Crippen LogP contribution < -0.4 is 17.0 Å². The largest absolute Gasteiger partial charge is 0.330 e. The molecule has 14 heavy (non-hydrogen) atoms. The van der Waals surface area contributed by atoms with Crippen LogP contribution in [0.25, 0.3) is 0 Å². The van der Waals surface area contributed by atoms with Crippen molar-refractivity contribution in [2.24, 2.45) is 11.6 Å². The normalized spacial score (nSPS) is 10.1. The van der Waals surface area contributed by atoms with Gasteiger partial charge < -0.3 is 5.73 Å². The van der Waals surface area contributed by atoms with Crippen molar-refractivity contribution in [1.82, 2.24) is 5.43 Å². The van der Waals surface area contributed by atoms with E-state index in [4.69, 9.17) is 11.6 Å². The summed E-state index contributed by atoms with van der Waals surface area (Å²) in [7, 11) is 0. The molecule has 0 saturated carbocycles. The molecular weight excluding hydrogens is 198 g/mol. The molecule has 84 valence electrons. The molecule has 0 aliphatic carbocycles. The van der Waals surface area contributed by atoms with Crippen LogP contribution in [0.3, 0.4) is 0 Å². The van der Waals surface area contributed by atoms with Crippen molar-refractivity contribution < 1.29 is 4.79 Å². The topological polar surface area (TPSA) is 81.1 Å². The Balaban J connectivity index is 2.95. The van der Waals surface area contributed by atoms with Gasteiger partial charge in [0.15, 0.2) is 0 Å². The second kappa shape index (κ2) is 10.8. The third-order valence-electron chi connectivity index (χ3n) is 1.85. The predicted molar refractivity (Wildman–Crippen MR) is 61.8 cm³/mol. The molecule has 5 N–H and O–H groups in total. The maximum absolute atomic E-state index is 10.7. The van der Waals surface area contributed by atoms with Gasteiger partial charge in [-0.1, -0.05) is 6.42 Å². The first-order valence-corrected chi connectivity index (χ1v) is 6.24. The van der Waals surface area contributed by atoms with E-state index in [1.165, 1.54) is 12.2 Å². The second-order valence-corrected chi connectivity index (χ2v) is 4.36. The Bertz CT molecular complexity index is 144. The summed E-state index contributed by atoms with van der Waals surface area (Å²) in [5.41, 5.74) is 7.50. The average molecular weight is 219 g/mol. The molecular formula is C9H21N3OS. The van der Waals surface area contributed by atoms with E-state index in [9.17, 15) is 4.79 Å². The maximum Gasteiger partial charge on any atom is 0.233 e. The van der Waals surface area contributed by atoms with Gasteiger partial charge >= 0.3 is 0 Å². The van der Waals surface area contributed by atoms with Gasteiger partial charge in [-0.3, -0.25) is 10.2 Å². The van der Waals surface area contributed by atoms with E-state index in [0.29, 0.717) is 6.42 Å². The Morgan fingerprint density at radius 3 is 2.50 bits per heavy atom. The van der Waals surface area contributed by atoms with E-state index in [1.54, 1.807) is 0 Å². The Morgan fingerprint density at radius 1 is 1.14 bits per heavy atom. The summed E-state index contributed by atoms with van der Waals surface area (Å²) in [6.07, 6.45) is 4.85. The van der Waals surface area contributed by atoms with E-state index in [2.05, 4.69) is 5.43 Å². The lowest BCUT2D eigenvalue weighted by Crippen LogP contribution is -2.29. The van der Waals surface area contributed by atoms with E-state index >= 15 is 0 Å². The molecule has 0 heterocycles. The second-order valence-electron chi connectivity index (χ2n) is 3.13. The summed E-state index contributed by atoms with van der Waals surface area (Å²) in [6, 6.07) is 0. The van der Waals surface area contributed by atoms with E-state index in [1.807, 2.05) is 11.8 Å². The highest BCUT2D eigenvalue weighted by Gasteiger charge is 1.97. The molecule has 0 aromatic rings. The standard InChI is InChI=1S/C9H21N3OS/c10-6-4-8-14-7-3-1-2-5-9(13)12-11/h1-8,10-11H2,(H,12,13). The highest BCUT2D eigenvalue weighted by atomic mass is 32.2. The number of hydrogen-bond donors (Lipinski definition) is 3. The molecule has 5 heteroatoms. The smallest absolute Gasteiger partial charge is 0.233 e. The molecule has 4 nitrogen and oxygen atoms in total. The first-order chi connectivity index (χ1) is 6.81. The number of amides is 1. The van der Waals surface area contributed by atoms with Crippen LogP contribution in [0.15, 0.2) is 0 Å². The zero-order valence-electron chi connectivity index (χ0n) is 8.63. The molecule has 0 radical (unpaired) electrons. The summed E-state index contributed by atoms with van der Waals surface area (Å²) in [6.45, 7) is 0.781. The fraction of sp³-hybridized carbons (Fsp3) is 0.889. The predicted octanol–water partition coefficient (Wildman–Crippen LogP) is 0.619. The third-order valence-corrected chi connectivity index (χ3v) is 3.00. The minimum Gasteiger partial charge on any atom is -0.330 e. The Kier molecular flexibility index (Phi) is 10.6. The van der Waals surface area contributed by atoms with Crippen LogP contribution in [0, 0.1) is 0 Å². The minimum absolute atomic E-state index is 0.0687. The fourth-order valence-corrected chi connectivity index (χ4v) is 2.01. The number of hydrogen-bond acceptors (Lipinski definition) is 4. The molecule has 0 unspecified atom stereocenters. The van der Waals surface area contributed by atoms with Gasteiger partial charge in [-0.05, 0) is 37.3 Å². The number of unbranched alkanes of at least 4 members (excludes halogenated alkanes) is 2. The van der Waals surface area contributed by atoms with Crippen molar-refractivity contribution in [3.8, 4) is 0 Å². The van der Waals surface area contributed by atoms with Gasteiger partial charge in [-0.15, -0.1) is 0 Å². The van der Waals surface area contributed by atoms with Crippen LogP contribution in [0.4, 0.5) is 0 Å². The van der Waals surface area contributed by atoms with Gasteiger partial charge in [0.1, 0.15) is 0 Å². The molecule has 0 spiro atoms. The van der Waals surface area contributed by atoms with Crippen molar-refractivity contribution in [2.75, 3.05) is 18.1 Å². The minimum atomic E-state index is -0.0687. The van der Waals surface area contributed by atoms with Gasteiger partial charge in [-0.2, -0.15) is 11.8 Å². The van der Waals surface area contributed by atoms with Crippen molar-refractivity contribution in [1.29, 1.82) is 0 Å². The molecule has 0 aromatic carbocycles. The SMILES string of the molecule is NCCCSCCCCCC(=O)NN. The maximum atomic E-state index is 10.7. The first kappa shape index (κ1) is 13.7. The van der Waals surface area contributed by atoms with Crippen LogP contribution in [0.2, 0.25) is 0 Å². The number of hydrazine groups is 1. The number of rotatable bonds is 9. The zero-order valence-corrected chi connectivity index (χ0v) is 9.44. The van der Waals surface area contributed by atoms with Crippen molar-refractivity contribution in [3.63, 3.8) is 0 Å². The fourth-order valence-electron chi connectivity index (χ4n) is 1.03. The lowest BCUT2D eigenvalue weighted by Gasteiger charge is -2.01. The van der Waals surface area contributed by atoms with Gasteiger partial charge in [0.25, 0.3) is 0 Å². The molecule has 0 rings (SSSR count). The van der Waals surface area contributed by atoms with Gasteiger partial charge in [0.05, 0.1) is 0 Å². The highest BCUT2D eigenvalue weighted by molar-refractivity contribution is 7.99. The molecule has 1 amide bonds. The first-order valence-electron chi connectivity index (χ1n) is 5.08. The van der Waals surface area contributed by atoms with Crippen molar-refractivity contribution in [3.05, 3.63) is 0 Å². The molecule has 0 fully saturated rings. The molecule has 0 aliphatic heterocycles. The van der Waals surface area contributed by atoms with Crippen LogP contribution in [0.1, 0.15) is 32.1 Å². The molecule has 0 atom stereocenters. The summed E-state index contributed by atoms with van der Waals surface area (Å²) in [4.78, 5) is 10.7. The van der Waals surface area contributed by atoms with Crippen molar-refractivity contribution >= 4 is 17.7 Å². The van der Waals surface area contributed by atoms with Gasteiger partial charge in [-0.25, -0.2) is 5.84 Å². The Hall–Kier alpha value is -0.260.